The maximum Gasteiger partial charge on any atom is 0.0615 e. The molecule has 0 heterocycles. The van der Waals surface area contributed by atoms with Crippen LogP contribution in [-0.4, -0.2) is 32.8 Å². The van der Waals surface area contributed by atoms with Crippen molar-refractivity contribution in [1.29, 1.82) is 0 Å². The van der Waals surface area contributed by atoms with E-state index in [1.165, 1.54) is 0 Å². The molecule has 3 nitrogen and oxygen atoms in total. The van der Waals surface area contributed by atoms with Crippen molar-refractivity contribution in [2.45, 2.75) is 32.2 Å². The van der Waals surface area contributed by atoms with Gasteiger partial charge >= 0.3 is 0 Å². The van der Waals surface area contributed by atoms with Crippen LogP contribution in [0.1, 0.15) is 26.2 Å². The minimum absolute atomic E-state index is 0.507. The molecule has 1 atom stereocenters. The second kappa shape index (κ2) is 8.97. The summed E-state index contributed by atoms with van der Waals surface area (Å²) in [4.78, 5) is 0. The zero-order valence-corrected chi connectivity index (χ0v) is 8.31. The minimum atomic E-state index is 0.507. The summed E-state index contributed by atoms with van der Waals surface area (Å²) in [5.41, 5.74) is 5.38. The number of methoxy groups -OCH3 is 1. The summed E-state index contributed by atoms with van der Waals surface area (Å²) in [5, 5.41) is 3.42. The van der Waals surface area contributed by atoms with Crippen LogP contribution >= 0.6 is 0 Å². The Morgan fingerprint density at radius 3 is 2.67 bits per heavy atom. The number of rotatable bonds is 8. The number of ether oxygens (including phenoxy) is 1. The van der Waals surface area contributed by atoms with Crippen LogP contribution in [0, 0.1) is 0 Å². The molecule has 0 aromatic heterocycles. The Bertz CT molecular complexity index is 88.6. The third-order valence-electron chi connectivity index (χ3n) is 1.92. The molecule has 0 saturated carbocycles. The first-order valence-electron chi connectivity index (χ1n) is 4.77. The Morgan fingerprint density at radius 1 is 1.42 bits per heavy atom. The largest absolute Gasteiger partial charge is 0.383 e. The third-order valence-corrected chi connectivity index (χ3v) is 1.92. The van der Waals surface area contributed by atoms with E-state index in [1.807, 2.05) is 0 Å². The maximum atomic E-state index is 5.38. The quantitative estimate of drug-likeness (QED) is 0.534. The van der Waals surface area contributed by atoms with Gasteiger partial charge in [0.1, 0.15) is 0 Å². The summed E-state index contributed by atoms with van der Waals surface area (Å²) < 4.78 is 5.06. The molecular formula is C9H22N2O. The van der Waals surface area contributed by atoms with Crippen LogP contribution in [0.25, 0.3) is 0 Å². The van der Waals surface area contributed by atoms with E-state index in [0.717, 1.165) is 39.0 Å². The zero-order chi connectivity index (χ0) is 9.23. The lowest BCUT2D eigenvalue weighted by atomic mass is 10.2. The van der Waals surface area contributed by atoms with E-state index in [-0.39, 0.29) is 0 Å². The van der Waals surface area contributed by atoms with Crippen LogP contribution < -0.4 is 11.1 Å². The molecule has 0 amide bonds. The molecule has 0 aromatic rings. The summed E-state index contributed by atoms with van der Waals surface area (Å²) >= 11 is 0. The van der Waals surface area contributed by atoms with Crippen LogP contribution in [-0.2, 0) is 4.74 Å². The summed E-state index contributed by atoms with van der Waals surface area (Å²) in [6.07, 6.45) is 3.39. The van der Waals surface area contributed by atoms with E-state index in [1.54, 1.807) is 7.11 Å². The highest BCUT2D eigenvalue weighted by atomic mass is 16.5. The van der Waals surface area contributed by atoms with Crippen molar-refractivity contribution < 1.29 is 4.74 Å². The van der Waals surface area contributed by atoms with Gasteiger partial charge in [0.25, 0.3) is 0 Å². The van der Waals surface area contributed by atoms with Gasteiger partial charge in [0.15, 0.2) is 0 Å². The Labute approximate surface area is 75.7 Å². The summed E-state index contributed by atoms with van der Waals surface area (Å²) in [7, 11) is 1.74. The molecule has 0 aliphatic heterocycles. The fourth-order valence-corrected chi connectivity index (χ4v) is 1.10. The van der Waals surface area contributed by atoms with Gasteiger partial charge in [-0.05, 0) is 32.4 Å². The van der Waals surface area contributed by atoms with Crippen LogP contribution in [0.2, 0.25) is 0 Å². The highest BCUT2D eigenvalue weighted by molar-refractivity contribution is 4.63. The number of hydrogen-bond donors (Lipinski definition) is 2. The van der Waals surface area contributed by atoms with Gasteiger partial charge in [0, 0.05) is 13.2 Å². The molecule has 3 heteroatoms. The van der Waals surface area contributed by atoms with E-state index in [9.17, 15) is 0 Å². The fraction of sp³-hybridized carbons (Fsp3) is 1.00. The smallest absolute Gasteiger partial charge is 0.0615 e. The van der Waals surface area contributed by atoms with Gasteiger partial charge in [0.05, 0.1) is 6.61 Å². The van der Waals surface area contributed by atoms with Gasteiger partial charge in [-0.3, -0.25) is 0 Å². The number of hydrogen-bond acceptors (Lipinski definition) is 3. The Balaban J connectivity index is 3.19. The molecule has 0 spiro atoms. The van der Waals surface area contributed by atoms with Crippen molar-refractivity contribution in [3.63, 3.8) is 0 Å². The number of nitrogens with two attached hydrogens (primary N) is 1. The molecule has 3 N–H and O–H groups in total. The average molecular weight is 174 g/mol. The average Bonchev–Trinajstić information content (AvgIpc) is 2.10. The lowest BCUT2D eigenvalue weighted by molar-refractivity contribution is 0.164. The topological polar surface area (TPSA) is 47.3 Å². The summed E-state index contributed by atoms with van der Waals surface area (Å²) in [6, 6.07) is 0.507. The molecular weight excluding hydrogens is 152 g/mol. The Hall–Kier alpha value is -0.120. The lowest BCUT2D eigenvalue weighted by Crippen LogP contribution is -2.33. The van der Waals surface area contributed by atoms with E-state index >= 15 is 0 Å². The number of nitrogens with one attached hydrogen (secondary N) is 1. The summed E-state index contributed by atoms with van der Waals surface area (Å²) in [6.45, 7) is 4.82. The second-order valence-corrected chi connectivity index (χ2v) is 3.01. The van der Waals surface area contributed by atoms with Gasteiger partial charge in [-0.2, -0.15) is 0 Å². The Morgan fingerprint density at radius 2 is 2.17 bits per heavy atom. The molecule has 12 heavy (non-hydrogen) atoms. The first kappa shape index (κ1) is 11.9. The standard InChI is InChI=1S/C9H22N2O/c1-3-9(8-12-2)11-7-5-4-6-10/h9,11H,3-8,10H2,1-2H3. The van der Waals surface area contributed by atoms with Crippen molar-refractivity contribution in [1.82, 2.24) is 5.32 Å². The molecule has 0 fully saturated rings. The van der Waals surface area contributed by atoms with Crippen molar-refractivity contribution in [3.05, 3.63) is 0 Å². The molecule has 0 radical (unpaired) electrons. The fourth-order valence-electron chi connectivity index (χ4n) is 1.10. The minimum Gasteiger partial charge on any atom is -0.383 e. The zero-order valence-electron chi connectivity index (χ0n) is 8.31. The highest BCUT2D eigenvalue weighted by Crippen LogP contribution is 1.92. The van der Waals surface area contributed by atoms with Gasteiger partial charge in [-0.25, -0.2) is 0 Å². The normalized spacial score (nSPS) is 13.2. The van der Waals surface area contributed by atoms with Crippen LogP contribution in [0.15, 0.2) is 0 Å². The van der Waals surface area contributed by atoms with Gasteiger partial charge < -0.3 is 15.8 Å². The monoisotopic (exact) mass is 174 g/mol. The van der Waals surface area contributed by atoms with E-state index in [0.29, 0.717) is 6.04 Å². The third kappa shape index (κ3) is 6.58. The first-order valence-corrected chi connectivity index (χ1v) is 4.77. The van der Waals surface area contributed by atoms with Crippen LogP contribution in [0.5, 0.6) is 0 Å². The SMILES string of the molecule is CCC(COC)NCCCCN. The Kier molecular flexibility index (Phi) is 8.88. The molecule has 0 saturated heterocycles. The van der Waals surface area contributed by atoms with Crippen molar-refractivity contribution in [2.75, 3.05) is 26.8 Å². The molecule has 74 valence electrons. The molecule has 0 rings (SSSR count). The van der Waals surface area contributed by atoms with Gasteiger partial charge in [-0.15, -0.1) is 0 Å². The van der Waals surface area contributed by atoms with E-state index < -0.39 is 0 Å². The summed E-state index contributed by atoms with van der Waals surface area (Å²) in [5.74, 6) is 0. The highest BCUT2D eigenvalue weighted by Gasteiger charge is 2.02. The second-order valence-electron chi connectivity index (χ2n) is 3.01. The first-order chi connectivity index (χ1) is 5.85. The van der Waals surface area contributed by atoms with Crippen molar-refractivity contribution in [3.8, 4) is 0 Å². The van der Waals surface area contributed by atoms with Crippen LogP contribution in [0.3, 0.4) is 0 Å². The maximum absolute atomic E-state index is 5.38. The predicted octanol–water partition coefficient (Wildman–Crippen LogP) is 0.740. The van der Waals surface area contributed by atoms with Crippen molar-refractivity contribution in [2.24, 2.45) is 5.73 Å². The molecule has 0 aromatic carbocycles. The molecule has 0 bridgehead atoms. The molecule has 0 aliphatic rings. The van der Waals surface area contributed by atoms with E-state index in [4.69, 9.17) is 10.5 Å². The molecule has 0 aliphatic carbocycles. The van der Waals surface area contributed by atoms with E-state index in [2.05, 4.69) is 12.2 Å². The van der Waals surface area contributed by atoms with Gasteiger partial charge in [0.2, 0.25) is 0 Å². The van der Waals surface area contributed by atoms with Crippen LogP contribution in [0.4, 0.5) is 0 Å². The van der Waals surface area contributed by atoms with Crippen molar-refractivity contribution >= 4 is 0 Å². The number of unbranched alkanes of at least 4 members (excludes halogenated alkanes) is 1. The van der Waals surface area contributed by atoms with Gasteiger partial charge in [-0.1, -0.05) is 6.92 Å². The predicted molar refractivity (Wildman–Crippen MR) is 52.2 cm³/mol. The lowest BCUT2D eigenvalue weighted by Gasteiger charge is -2.15. The molecule has 1 unspecified atom stereocenters.